The number of aliphatic hydroxyl groups excluding tert-OH is 1. The van der Waals surface area contributed by atoms with Gasteiger partial charge in [0.2, 0.25) is 0 Å². The zero-order valence-electron chi connectivity index (χ0n) is 16.4. The van der Waals surface area contributed by atoms with Gasteiger partial charge in [0.25, 0.3) is 0 Å². The maximum absolute atomic E-state index is 13.1. The van der Waals surface area contributed by atoms with Crippen molar-refractivity contribution in [3.8, 4) is 0 Å². The van der Waals surface area contributed by atoms with Crippen LogP contribution in [0.15, 0.2) is 18.2 Å². The number of nitrogens with zero attached hydrogens (tertiary/aromatic N) is 2. The molecule has 0 radical (unpaired) electrons. The monoisotopic (exact) mass is 448 g/mol. The molecule has 1 atom stereocenters. The van der Waals surface area contributed by atoms with Crippen LogP contribution in [0.3, 0.4) is 0 Å². The fraction of sp³-hybridized carbons (Fsp3) is 0.550. The molecule has 4 rings (SSSR count). The lowest BCUT2D eigenvalue weighted by Crippen LogP contribution is -2.37. The quantitative estimate of drug-likeness (QED) is 0.622. The predicted octanol–water partition coefficient (Wildman–Crippen LogP) is 3.96. The van der Waals surface area contributed by atoms with E-state index in [1.807, 2.05) is 0 Å². The van der Waals surface area contributed by atoms with Crippen molar-refractivity contribution >= 4 is 0 Å². The average Bonchev–Trinajstić information content (AvgIpc) is 3.16. The summed E-state index contributed by atoms with van der Waals surface area (Å²) in [5.41, 5.74) is -0.152. The number of hydrogen-bond acceptors (Lipinski definition) is 4. The number of rotatable bonds is 3. The molecule has 0 saturated carbocycles. The first kappa shape index (κ1) is 22.1. The number of aromatic amines is 1. The molecule has 2 aromatic rings. The van der Waals surface area contributed by atoms with Crippen molar-refractivity contribution in [2.45, 2.75) is 50.3 Å². The highest BCUT2D eigenvalue weighted by Gasteiger charge is 2.38. The molecule has 1 unspecified atom stereocenters. The van der Waals surface area contributed by atoms with Gasteiger partial charge in [-0.3, -0.25) is 10.00 Å². The van der Waals surface area contributed by atoms with Crippen LogP contribution >= 0.6 is 0 Å². The molecule has 0 aliphatic carbocycles. The normalized spacial score (nSPS) is 20.0. The van der Waals surface area contributed by atoms with Crippen molar-refractivity contribution in [1.29, 1.82) is 0 Å². The second-order valence-corrected chi connectivity index (χ2v) is 8.02. The molecule has 1 aromatic carbocycles. The van der Waals surface area contributed by atoms with Crippen molar-refractivity contribution in [3.63, 3.8) is 0 Å². The van der Waals surface area contributed by atoms with E-state index in [1.54, 1.807) is 4.90 Å². The van der Waals surface area contributed by atoms with E-state index >= 15 is 0 Å². The first-order valence-corrected chi connectivity index (χ1v) is 10.0. The molecule has 0 spiro atoms. The fourth-order valence-corrected chi connectivity index (χ4v) is 4.35. The van der Waals surface area contributed by atoms with Gasteiger partial charge in [-0.05, 0) is 55.5 Å². The van der Waals surface area contributed by atoms with Crippen LogP contribution in [0.2, 0.25) is 0 Å². The lowest BCUT2D eigenvalue weighted by Gasteiger charge is -2.35. The minimum absolute atomic E-state index is 0.0273. The summed E-state index contributed by atoms with van der Waals surface area (Å²) >= 11 is 0. The average molecular weight is 448 g/mol. The van der Waals surface area contributed by atoms with E-state index in [0.717, 1.165) is 36.4 Å². The smallest absolute Gasteiger partial charge is 0.372 e. The number of aromatic nitrogens is 2. The van der Waals surface area contributed by atoms with E-state index in [0.29, 0.717) is 38.2 Å². The zero-order valence-corrected chi connectivity index (χ0v) is 16.4. The first-order valence-electron chi connectivity index (χ1n) is 10.0. The van der Waals surface area contributed by atoms with Gasteiger partial charge in [0.05, 0.1) is 16.8 Å². The van der Waals surface area contributed by atoms with Crippen molar-refractivity contribution < 1.29 is 31.4 Å². The van der Waals surface area contributed by atoms with Crippen LogP contribution in [0.25, 0.3) is 0 Å². The molecule has 3 N–H and O–H groups in total. The number of fused-ring (bicyclic) bond motifs is 1. The van der Waals surface area contributed by atoms with Gasteiger partial charge in [0.1, 0.15) is 5.69 Å². The molecule has 31 heavy (non-hydrogen) atoms. The van der Waals surface area contributed by atoms with Gasteiger partial charge in [0, 0.05) is 25.2 Å². The van der Waals surface area contributed by atoms with Crippen molar-refractivity contribution in [3.05, 3.63) is 51.8 Å². The molecule has 5 nitrogen and oxygen atoms in total. The third kappa shape index (κ3) is 4.58. The van der Waals surface area contributed by atoms with E-state index in [1.165, 1.54) is 0 Å². The molecule has 0 bridgehead atoms. The Morgan fingerprint density at radius 3 is 2.19 bits per heavy atom. The first-order chi connectivity index (χ1) is 14.5. The second-order valence-electron chi connectivity index (χ2n) is 8.02. The lowest BCUT2D eigenvalue weighted by molar-refractivity contribution is -0.143. The van der Waals surface area contributed by atoms with E-state index in [9.17, 15) is 31.4 Å². The Labute approximate surface area is 174 Å². The molecular weight excluding hydrogens is 426 g/mol. The van der Waals surface area contributed by atoms with Crippen LogP contribution < -0.4 is 5.32 Å². The number of alkyl halides is 6. The van der Waals surface area contributed by atoms with Gasteiger partial charge < -0.3 is 10.4 Å². The van der Waals surface area contributed by atoms with Crippen LogP contribution in [0.1, 0.15) is 58.6 Å². The number of H-pyrrole nitrogens is 1. The number of nitrogens with one attached hydrogen (secondary N) is 2. The van der Waals surface area contributed by atoms with Crippen molar-refractivity contribution in [1.82, 2.24) is 20.4 Å². The molecule has 2 aliphatic rings. The number of piperidine rings is 1. The van der Waals surface area contributed by atoms with Crippen LogP contribution in [-0.4, -0.2) is 39.8 Å². The molecule has 0 amide bonds. The number of hydrogen-bond donors (Lipinski definition) is 3. The predicted molar refractivity (Wildman–Crippen MR) is 99.0 cm³/mol. The maximum Gasteiger partial charge on any atom is 0.416 e. The Morgan fingerprint density at radius 1 is 1.00 bits per heavy atom. The summed E-state index contributed by atoms with van der Waals surface area (Å²) in [4.78, 5) is 1.76. The summed E-state index contributed by atoms with van der Waals surface area (Å²) < 4.78 is 78.9. The summed E-state index contributed by atoms with van der Waals surface area (Å²) in [6.45, 7) is 2.08. The Bertz CT molecular complexity index is 898. The molecular formula is C20H22F6N4O. The highest BCUT2D eigenvalue weighted by molar-refractivity contribution is 5.36. The Balaban J connectivity index is 1.50. The third-order valence-corrected chi connectivity index (χ3v) is 6.04. The SMILES string of the molecule is OC(c1n[nH]c2c1CCNC2)N1CCC(c2cc(C(F)(F)F)cc(C(F)(F)F)c2)CC1. The summed E-state index contributed by atoms with van der Waals surface area (Å²) in [5.74, 6) is -0.454. The third-order valence-electron chi connectivity index (χ3n) is 6.04. The molecule has 3 heterocycles. The van der Waals surface area contributed by atoms with Crippen molar-refractivity contribution in [2.24, 2.45) is 0 Å². The van der Waals surface area contributed by atoms with Crippen molar-refractivity contribution in [2.75, 3.05) is 19.6 Å². The summed E-state index contributed by atoms with van der Waals surface area (Å²) in [5, 5.41) is 21.1. The summed E-state index contributed by atoms with van der Waals surface area (Å²) in [6.07, 6.45) is -9.29. The highest BCUT2D eigenvalue weighted by Crippen LogP contribution is 2.40. The number of halogens is 6. The lowest BCUT2D eigenvalue weighted by atomic mass is 9.87. The minimum atomic E-state index is -4.86. The van der Waals surface area contributed by atoms with Crippen LogP contribution in [0.4, 0.5) is 26.3 Å². The zero-order chi connectivity index (χ0) is 22.4. The molecule has 2 aliphatic heterocycles. The van der Waals surface area contributed by atoms with E-state index in [2.05, 4.69) is 15.5 Å². The van der Waals surface area contributed by atoms with Gasteiger partial charge >= 0.3 is 12.4 Å². The Morgan fingerprint density at radius 2 is 1.61 bits per heavy atom. The fourth-order valence-electron chi connectivity index (χ4n) is 4.35. The maximum atomic E-state index is 13.1. The molecule has 1 saturated heterocycles. The number of benzene rings is 1. The largest absolute Gasteiger partial charge is 0.416 e. The van der Waals surface area contributed by atoms with E-state index in [-0.39, 0.29) is 11.6 Å². The summed E-state index contributed by atoms with van der Waals surface area (Å²) in [6, 6.07) is 1.77. The summed E-state index contributed by atoms with van der Waals surface area (Å²) in [7, 11) is 0. The number of aliphatic hydroxyl groups is 1. The van der Waals surface area contributed by atoms with Crippen LogP contribution in [0, 0.1) is 0 Å². The van der Waals surface area contributed by atoms with Crippen LogP contribution in [-0.2, 0) is 25.3 Å². The van der Waals surface area contributed by atoms with Gasteiger partial charge in [-0.25, -0.2) is 0 Å². The van der Waals surface area contributed by atoms with E-state index < -0.39 is 35.6 Å². The topological polar surface area (TPSA) is 64.2 Å². The Kier molecular flexibility index (Phi) is 5.78. The standard InChI is InChI=1S/C20H22F6N4O/c21-19(22,23)13-7-12(8-14(9-13)20(24,25)26)11-2-5-30(6-3-11)18(31)17-15-1-4-27-10-16(15)28-29-17/h7-9,11,18,27,31H,1-6,10H2,(H,28,29). The number of likely N-dealkylation sites (tertiary alicyclic amines) is 1. The molecule has 170 valence electrons. The van der Waals surface area contributed by atoms with Crippen LogP contribution in [0.5, 0.6) is 0 Å². The molecule has 1 aromatic heterocycles. The van der Waals surface area contributed by atoms with E-state index in [4.69, 9.17) is 0 Å². The van der Waals surface area contributed by atoms with Gasteiger partial charge in [-0.1, -0.05) is 0 Å². The second kappa shape index (κ2) is 8.10. The Hall–Kier alpha value is -2.11. The van der Waals surface area contributed by atoms with Gasteiger partial charge in [0.15, 0.2) is 6.23 Å². The molecule has 11 heteroatoms. The molecule has 1 fully saturated rings. The minimum Gasteiger partial charge on any atom is -0.372 e. The van der Waals surface area contributed by atoms with Gasteiger partial charge in [-0.2, -0.15) is 31.4 Å². The van der Waals surface area contributed by atoms with Gasteiger partial charge in [-0.15, -0.1) is 0 Å². The highest BCUT2D eigenvalue weighted by atomic mass is 19.4.